The Morgan fingerprint density at radius 2 is 1.25 bits per heavy atom. The number of likely N-dealkylation sites (tertiary alicyclic amines) is 2. The van der Waals surface area contributed by atoms with Crippen LogP contribution in [0.3, 0.4) is 0 Å². The third-order valence-electron chi connectivity index (χ3n) is 9.34. The van der Waals surface area contributed by atoms with Crippen molar-refractivity contribution in [2.24, 2.45) is 11.8 Å². The number of methoxy groups -OCH3 is 2. The first-order valence-electron chi connectivity index (χ1n) is 17.5. The van der Waals surface area contributed by atoms with Crippen LogP contribution < -0.4 is 10.6 Å². The first-order valence-corrected chi connectivity index (χ1v) is 17.5. The molecule has 2 aliphatic rings. The van der Waals surface area contributed by atoms with Crippen LogP contribution in [0.15, 0.2) is 36.7 Å². The van der Waals surface area contributed by atoms with Crippen molar-refractivity contribution in [2.45, 2.75) is 77.5 Å². The van der Waals surface area contributed by atoms with Gasteiger partial charge in [-0.25, -0.2) is 19.6 Å². The lowest BCUT2D eigenvalue weighted by Gasteiger charge is -2.30. The summed E-state index contributed by atoms with van der Waals surface area (Å²) in [6.45, 7) is 8.68. The van der Waals surface area contributed by atoms with Gasteiger partial charge in [-0.05, 0) is 73.0 Å². The Hall–Kier alpha value is -5.47. The van der Waals surface area contributed by atoms with Crippen molar-refractivity contribution < 1.29 is 28.7 Å². The minimum atomic E-state index is -0.703. The molecule has 4 heterocycles. The monoisotopic (exact) mass is 746 g/mol. The van der Waals surface area contributed by atoms with E-state index < -0.39 is 24.3 Å². The molecule has 2 aliphatic heterocycles. The fourth-order valence-corrected chi connectivity index (χ4v) is 6.54. The number of halogens is 1. The Morgan fingerprint density at radius 1 is 0.755 bits per heavy atom. The average Bonchev–Trinajstić information content (AvgIpc) is 3.97. The number of rotatable bonds is 9. The summed E-state index contributed by atoms with van der Waals surface area (Å²) in [6.07, 6.45) is 5.30. The SMILES string of the molecule is COC(=O)N[C@@H](C(=O)N1CCC[C@@H]1c1ncc(C#CC#Cc2ccc(-c3cnc([C@H]4CCCN4C(=O)[C@H](NC(=O)OC)C(C)C)[nH]3)cc2)[nH]1)C(C)C.Cl. The number of H-pyrrole nitrogens is 2. The summed E-state index contributed by atoms with van der Waals surface area (Å²) in [5.41, 5.74) is 3.11. The molecule has 0 bridgehead atoms. The zero-order chi connectivity index (χ0) is 37.4. The lowest BCUT2D eigenvalue weighted by atomic mass is 10.0. The third-order valence-corrected chi connectivity index (χ3v) is 9.34. The van der Waals surface area contributed by atoms with Crippen LogP contribution in [0.4, 0.5) is 9.59 Å². The van der Waals surface area contributed by atoms with Gasteiger partial charge in [-0.1, -0.05) is 45.7 Å². The van der Waals surface area contributed by atoms with Gasteiger partial charge in [0, 0.05) is 18.7 Å². The number of nitrogens with zero attached hydrogens (tertiary/aromatic N) is 4. The second-order valence-electron chi connectivity index (χ2n) is 13.5. The molecule has 282 valence electrons. The second-order valence-corrected chi connectivity index (χ2v) is 13.5. The summed E-state index contributed by atoms with van der Waals surface area (Å²) < 4.78 is 9.44. The molecule has 0 spiro atoms. The van der Waals surface area contributed by atoms with E-state index in [2.05, 4.69) is 54.3 Å². The van der Waals surface area contributed by atoms with Crippen LogP contribution in [0.5, 0.6) is 0 Å². The standard InChI is InChI=1S/C38H46N8O6.ClH/c1-23(2)31(43-37(49)51-5)35(47)45-19-9-13-29(45)33-39-21-27(41-33)12-8-7-11-25-15-17-26(18-16-25)28-22-40-34(42-28)30-14-10-20-46(30)36(48)32(24(3)4)44-38(50)52-6;/h15-18,21-24,29-32H,9-10,13-14,19-20H2,1-6H3,(H,39,41)(H,40,42)(H,43,49)(H,44,50);1H/t29-,30-,31-,32-;/m1./s1. The van der Waals surface area contributed by atoms with E-state index in [9.17, 15) is 19.2 Å². The van der Waals surface area contributed by atoms with Crippen LogP contribution in [-0.2, 0) is 19.1 Å². The van der Waals surface area contributed by atoms with Gasteiger partial charge in [0.25, 0.3) is 0 Å². The van der Waals surface area contributed by atoms with Gasteiger partial charge in [0.05, 0.1) is 44.4 Å². The fraction of sp³-hybridized carbons (Fsp3) is 0.474. The number of carbonyl (C=O) groups excluding carboxylic acids is 4. The maximum absolute atomic E-state index is 13.4. The first-order chi connectivity index (χ1) is 25.0. The first kappa shape index (κ1) is 40.3. The van der Waals surface area contributed by atoms with Crippen molar-refractivity contribution >= 4 is 36.4 Å². The molecule has 1 aromatic carbocycles. The molecule has 3 aromatic rings. The van der Waals surface area contributed by atoms with Crippen LogP contribution in [0.25, 0.3) is 11.3 Å². The highest BCUT2D eigenvalue weighted by molar-refractivity contribution is 5.87. The Bertz CT molecular complexity index is 1880. The predicted octanol–water partition coefficient (Wildman–Crippen LogP) is 4.71. The summed E-state index contributed by atoms with van der Waals surface area (Å²) in [4.78, 5) is 69.8. The number of benzene rings is 1. The third kappa shape index (κ3) is 9.70. The van der Waals surface area contributed by atoms with Crippen molar-refractivity contribution in [3.63, 3.8) is 0 Å². The highest BCUT2D eigenvalue weighted by Gasteiger charge is 2.38. The Balaban J connectivity index is 0.00000627. The molecule has 0 radical (unpaired) electrons. The number of hydrogen-bond donors (Lipinski definition) is 4. The molecule has 2 aromatic heterocycles. The molecule has 15 heteroatoms. The van der Waals surface area contributed by atoms with E-state index in [0.29, 0.717) is 30.4 Å². The minimum Gasteiger partial charge on any atom is -0.453 e. The lowest BCUT2D eigenvalue weighted by Crippen LogP contribution is -2.51. The topological polar surface area (TPSA) is 175 Å². The lowest BCUT2D eigenvalue weighted by molar-refractivity contribution is -0.136. The van der Waals surface area contributed by atoms with Gasteiger partial charge >= 0.3 is 12.2 Å². The molecule has 0 aliphatic carbocycles. The van der Waals surface area contributed by atoms with E-state index in [-0.39, 0.29) is 48.1 Å². The molecule has 0 saturated carbocycles. The average molecular weight is 747 g/mol. The maximum atomic E-state index is 13.4. The number of carbonyl (C=O) groups is 4. The van der Waals surface area contributed by atoms with Crippen LogP contribution in [0.1, 0.15) is 88.4 Å². The summed E-state index contributed by atoms with van der Waals surface area (Å²) >= 11 is 0. The van der Waals surface area contributed by atoms with Crippen molar-refractivity contribution in [3.05, 3.63) is 59.6 Å². The molecular formula is C38H47ClN8O6. The van der Waals surface area contributed by atoms with Crippen LogP contribution in [0.2, 0.25) is 0 Å². The highest BCUT2D eigenvalue weighted by atomic mass is 35.5. The number of imidazole rings is 2. The molecule has 2 saturated heterocycles. The number of nitrogens with one attached hydrogen (secondary N) is 4. The zero-order valence-corrected chi connectivity index (χ0v) is 31.6. The van der Waals surface area contributed by atoms with Gasteiger partial charge in [0.15, 0.2) is 0 Å². The molecule has 53 heavy (non-hydrogen) atoms. The number of aromatic nitrogens is 4. The van der Waals surface area contributed by atoms with Crippen LogP contribution in [0, 0.1) is 35.5 Å². The number of alkyl carbamates (subject to hydrolysis) is 2. The van der Waals surface area contributed by atoms with Gasteiger partial charge in [-0.2, -0.15) is 0 Å². The fourth-order valence-electron chi connectivity index (χ4n) is 6.54. The van der Waals surface area contributed by atoms with Crippen LogP contribution >= 0.6 is 12.4 Å². The Labute approximate surface area is 316 Å². The quantitative estimate of drug-likeness (QED) is 0.228. The van der Waals surface area contributed by atoms with Crippen molar-refractivity contribution in [1.29, 1.82) is 0 Å². The van der Waals surface area contributed by atoms with Crippen LogP contribution in [-0.4, -0.2) is 93.1 Å². The largest absolute Gasteiger partial charge is 0.453 e. The molecule has 2 fully saturated rings. The maximum Gasteiger partial charge on any atom is 0.407 e. The molecular weight excluding hydrogens is 700 g/mol. The van der Waals surface area contributed by atoms with E-state index in [0.717, 1.165) is 42.5 Å². The second kappa shape index (κ2) is 18.3. The Morgan fingerprint density at radius 3 is 1.75 bits per heavy atom. The molecule has 4 N–H and O–H groups in total. The summed E-state index contributed by atoms with van der Waals surface area (Å²) in [7, 11) is 2.55. The molecule has 4 amide bonds. The van der Waals surface area contributed by atoms with Crippen molar-refractivity contribution in [2.75, 3.05) is 27.3 Å². The summed E-state index contributed by atoms with van der Waals surface area (Å²) in [5.74, 6) is 12.6. The van der Waals surface area contributed by atoms with Crippen molar-refractivity contribution in [3.8, 4) is 34.9 Å². The van der Waals surface area contributed by atoms with Gasteiger partial charge in [-0.15, -0.1) is 12.4 Å². The normalized spacial score (nSPS) is 17.5. The number of aromatic amines is 2. The van der Waals surface area contributed by atoms with E-state index in [1.807, 2.05) is 52.0 Å². The van der Waals surface area contributed by atoms with Gasteiger partial charge < -0.3 is 39.9 Å². The van der Waals surface area contributed by atoms with Gasteiger partial charge in [0.2, 0.25) is 11.8 Å². The van der Waals surface area contributed by atoms with E-state index in [1.54, 1.807) is 22.2 Å². The smallest absolute Gasteiger partial charge is 0.407 e. The number of hydrogen-bond acceptors (Lipinski definition) is 8. The number of ether oxygens (including phenoxy) is 2. The van der Waals surface area contributed by atoms with E-state index >= 15 is 0 Å². The van der Waals surface area contributed by atoms with Gasteiger partial charge in [0.1, 0.15) is 29.4 Å². The van der Waals surface area contributed by atoms with E-state index in [1.165, 1.54) is 14.2 Å². The molecule has 0 unspecified atom stereocenters. The van der Waals surface area contributed by atoms with Crippen molar-refractivity contribution in [1.82, 2.24) is 40.4 Å². The van der Waals surface area contributed by atoms with E-state index in [4.69, 9.17) is 9.47 Å². The molecule has 5 rings (SSSR count). The van der Waals surface area contributed by atoms with Gasteiger partial charge in [-0.3, -0.25) is 9.59 Å². The zero-order valence-electron chi connectivity index (χ0n) is 30.8. The highest BCUT2D eigenvalue weighted by Crippen LogP contribution is 2.33. The molecule has 14 nitrogen and oxygen atoms in total. The molecule has 4 atom stereocenters. The summed E-state index contributed by atoms with van der Waals surface area (Å²) in [6, 6.07) is 5.84. The summed E-state index contributed by atoms with van der Waals surface area (Å²) in [5, 5.41) is 5.33. The Kier molecular flexibility index (Phi) is 13.9. The predicted molar refractivity (Wildman–Crippen MR) is 199 cm³/mol. The number of amides is 4. The minimum absolute atomic E-state index is 0.